The Morgan fingerprint density at radius 2 is 1.77 bits per heavy atom. The number of amides is 3. The van der Waals surface area contributed by atoms with Crippen LogP contribution >= 0.6 is 35.0 Å². The highest BCUT2D eigenvalue weighted by molar-refractivity contribution is 7.99. The van der Waals surface area contributed by atoms with Crippen molar-refractivity contribution in [2.24, 2.45) is 0 Å². The van der Waals surface area contributed by atoms with Crippen LogP contribution in [-0.4, -0.2) is 33.3 Å². The first kappa shape index (κ1) is 22.1. The van der Waals surface area contributed by atoms with Gasteiger partial charge in [0.1, 0.15) is 0 Å². The molecule has 10 heteroatoms. The van der Waals surface area contributed by atoms with E-state index in [1.807, 2.05) is 0 Å². The lowest BCUT2D eigenvalue weighted by Crippen LogP contribution is -2.43. The molecule has 0 fully saturated rings. The van der Waals surface area contributed by atoms with Crippen molar-refractivity contribution in [1.29, 1.82) is 0 Å². The molecule has 3 amide bonds. The van der Waals surface area contributed by atoms with Gasteiger partial charge in [-0.3, -0.25) is 19.5 Å². The van der Waals surface area contributed by atoms with Crippen molar-refractivity contribution in [2.75, 3.05) is 5.75 Å². The van der Waals surface area contributed by atoms with Gasteiger partial charge in [-0.1, -0.05) is 35.0 Å². The summed E-state index contributed by atoms with van der Waals surface area (Å²) in [7, 11) is 0. The van der Waals surface area contributed by atoms with Crippen LogP contribution in [0.25, 0.3) is 16.6 Å². The second-order valence-corrected chi connectivity index (χ2v) is 8.45. The minimum absolute atomic E-state index is 0.104. The summed E-state index contributed by atoms with van der Waals surface area (Å²) in [6, 6.07) is 10.8. The fourth-order valence-electron chi connectivity index (χ4n) is 2.64. The van der Waals surface area contributed by atoms with Gasteiger partial charge in [-0.05, 0) is 56.3 Å². The van der Waals surface area contributed by atoms with Gasteiger partial charge in [-0.15, -0.1) is 0 Å². The van der Waals surface area contributed by atoms with Crippen molar-refractivity contribution in [3.05, 3.63) is 62.9 Å². The van der Waals surface area contributed by atoms with Gasteiger partial charge in [-0.2, -0.15) is 0 Å². The summed E-state index contributed by atoms with van der Waals surface area (Å²) < 4.78 is 1.40. The first-order valence-corrected chi connectivity index (χ1v) is 10.7. The predicted octanol–water partition coefficient (Wildman–Crippen LogP) is 4.02. The molecular weight excluding hydrogens is 447 g/mol. The Hall–Kier alpha value is -2.55. The number of aromatic nitrogens is 2. The molecule has 0 bridgehead atoms. The Morgan fingerprint density at radius 1 is 1.10 bits per heavy atom. The highest BCUT2D eigenvalue weighted by Crippen LogP contribution is 2.23. The molecule has 0 radical (unpaired) electrons. The molecule has 0 spiro atoms. The number of nitrogens with one attached hydrogen (secondary N) is 2. The van der Waals surface area contributed by atoms with E-state index in [0.717, 1.165) is 11.8 Å². The summed E-state index contributed by atoms with van der Waals surface area (Å²) in [4.78, 5) is 41.6. The first-order chi connectivity index (χ1) is 14.2. The number of hydrogen-bond donors (Lipinski definition) is 2. The van der Waals surface area contributed by atoms with Crippen molar-refractivity contribution in [3.63, 3.8) is 0 Å². The summed E-state index contributed by atoms with van der Waals surface area (Å²) >= 11 is 13.0. The molecule has 2 N–H and O–H groups in total. The Kier molecular flexibility index (Phi) is 7.02. The molecule has 1 heterocycles. The summed E-state index contributed by atoms with van der Waals surface area (Å²) in [6.45, 7) is 3.57. The molecule has 156 valence electrons. The number of imide groups is 1. The molecule has 0 aliphatic rings. The zero-order valence-corrected chi connectivity index (χ0v) is 18.4. The molecule has 30 heavy (non-hydrogen) atoms. The maximum absolute atomic E-state index is 13.2. The number of rotatable bonds is 5. The number of hydrogen-bond acceptors (Lipinski definition) is 5. The maximum atomic E-state index is 13.2. The lowest BCUT2D eigenvalue weighted by molar-refractivity contribution is -0.117. The lowest BCUT2D eigenvalue weighted by atomic mass is 10.2. The Morgan fingerprint density at radius 3 is 2.43 bits per heavy atom. The number of thioether (sulfide) groups is 1. The third kappa shape index (κ3) is 5.33. The van der Waals surface area contributed by atoms with Gasteiger partial charge in [0, 0.05) is 16.1 Å². The van der Waals surface area contributed by atoms with Gasteiger partial charge < -0.3 is 5.32 Å². The topological polar surface area (TPSA) is 93.1 Å². The molecule has 0 saturated carbocycles. The van der Waals surface area contributed by atoms with E-state index in [4.69, 9.17) is 23.2 Å². The van der Waals surface area contributed by atoms with Gasteiger partial charge in [-0.25, -0.2) is 9.78 Å². The Balaban J connectivity index is 1.96. The third-order valence-corrected chi connectivity index (χ3v) is 5.32. The molecular formula is C20H18Cl2N4O3S. The van der Waals surface area contributed by atoms with Gasteiger partial charge in [0.2, 0.25) is 5.91 Å². The highest BCUT2D eigenvalue weighted by Gasteiger charge is 2.16. The van der Waals surface area contributed by atoms with E-state index in [-0.39, 0.29) is 22.5 Å². The number of carbonyl (C=O) groups excluding carboxylic acids is 2. The zero-order valence-electron chi connectivity index (χ0n) is 16.1. The van der Waals surface area contributed by atoms with Crippen molar-refractivity contribution < 1.29 is 9.59 Å². The molecule has 7 nitrogen and oxygen atoms in total. The average Bonchev–Trinajstić information content (AvgIpc) is 2.66. The van der Waals surface area contributed by atoms with E-state index < -0.39 is 11.9 Å². The molecule has 0 aliphatic heterocycles. The number of carbonyl (C=O) groups is 2. The normalized spacial score (nSPS) is 11.0. The number of benzene rings is 2. The standard InChI is InChI=1S/C20H18Cl2N4O3S/c1-11(2)23-19(29)25-17(27)10-30-20-24-16-9-13(22)5-8-15(16)18(28)26(20)14-6-3-12(21)4-7-14/h3-9,11H,10H2,1-2H3,(H2,23,25,27,29). The van der Waals surface area contributed by atoms with Gasteiger partial charge in [0.05, 0.1) is 22.3 Å². The largest absolute Gasteiger partial charge is 0.336 e. The van der Waals surface area contributed by atoms with E-state index in [9.17, 15) is 14.4 Å². The summed E-state index contributed by atoms with van der Waals surface area (Å²) in [5, 5.41) is 6.47. The summed E-state index contributed by atoms with van der Waals surface area (Å²) in [5.41, 5.74) is 0.659. The molecule has 0 unspecified atom stereocenters. The minimum Gasteiger partial charge on any atom is -0.336 e. The van der Waals surface area contributed by atoms with Crippen molar-refractivity contribution in [2.45, 2.75) is 25.0 Å². The fraction of sp³-hybridized carbons (Fsp3) is 0.200. The number of nitrogens with zero attached hydrogens (tertiary/aromatic N) is 2. The van der Waals surface area contributed by atoms with Crippen LogP contribution < -0.4 is 16.2 Å². The first-order valence-electron chi connectivity index (χ1n) is 8.96. The summed E-state index contributed by atoms with van der Waals surface area (Å²) in [6.07, 6.45) is 0. The predicted molar refractivity (Wildman–Crippen MR) is 120 cm³/mol. The van der Waals surface area contributed by atoms with Crippen LogP contribution in [0, 0.1) is 0 Å². The van der Waals surface area contributed by atoms with Gasteiger partial charge in [0.25, 0.3) is 5.56 Å². The second kappa shape index (κ2) is 9.51. The molecule has 1 aromatic heterocycles. The SMILES string of the molecule is CC(C)NC(=O)NC(=O)CSc1nc2cc(Cl)ccc2c(=O)n1-c1ccc(Cl)cc1. The maximum Gasteiger partial charge on any atom is 0.321 e. The van der Waals surface area contributed by atoms with E-state index in [1.165, 1.54) is 4.57 Å². The molecule has 3 aromatic rings. The van der Waals surface area contributed by atoms with Gasteiger partial charge >= 0.3 is 6.03 Å². The lowest BCUT2D eigenvalue weighted by Gasteiger charge is -2.14. The Labute approximate surface area is 186 Å². The van der Waals surface area contributed by atoms with Crippen LogP contribution in [0.15, 0.2) is 52.4 Å². The van der Waals surface area contributed by atoms with E-state index in [2.05, 4.69) is 15.6 Å². The third-order valence-electron chi connectivity index (χ3n) is 3.89. The summed E-state index contributed by atoms with van der Waals surface area (Å²) in [5.74, 6) is -0.626. The minimum atomic E-state index is -0.580. The monoisotopic (exact) mass is 464 g/mol. The average molecular weight is 465 g/mol. The number of urea groups is 1. The van der Waals surface area contributed by atoms with Crippen LogP contribution in [-0.2, 0) is 4.79 Å². The second-order valence-electron chi connectivity index (χ2n) is 6.64. The molecule has 2 aromatic carbocycles. The van der Waals surface area contributed by atoms with Crippen LogP contribution in [0.1, 0.15) is 13.8 Å². The van der Waals surface area contributed by atoms with Crippen LogP contribution in [0.2, 0.25) is 10.0 Å². The fourth-order valence-corrected chi connectivity index (χ4v) is 3.75. The highest BCUT2D eigenvalue weighted by atomic mass is 35.5. The smallest absolute Gasteiger partial charge is 0.321 e. The van der Waals surface area contributed by atoms with Crippen LogP contribution in [0.3, 0.4) is 0 Å². The molecule has 0 saturated heterocycles. The van der Waals surface area contributed by atoms with Crippen LogP contribution in [0.5, 0.6) is 0 Å². The number of fused-ring (bicyclic) bond motifs is 1. The molecule has 3 rings (SSSR count). The quantitative estimate of drug-likeness (QED) is 0.439. The Bertz CT molecular complexity index is 1160. The van der Waals surface area contributed by atoms with E-state index in [1.54, 1.807) is 56.3 Å². The van der Waals surface area contributed by atoms with Crippen molar-refractivity contribution in [1.82, 2.24) is 20.2 Å². The van der Waals surface area contributed by atoms with E-state index >= 15 is 0 Å². The van der Waals surface area contributed by atoms with Crippen LogP contribution in [0.4, 0.5) is 4.79 Å². The van der Waals surface area contributed by atoms with Crippen molar-refractivity contribution >= 4 is 57.8 Å². The zero-order chi connectivity index (χ0) is 21.8. The van der Waals surface area contributed by atoms with Crippen molar-refractivity contribution in [3.8, 4) is 5.69 Å². The molecule has 0 atom stereocenters. The van der Waals surface area contributed by atoms with E-state index in [0.29, 0.717) is 26.6 Å². The molecule has 0 aliphatic carbocycles. The number of halogens is 2. The van der Waals surface area contributed by atoms with Gasteiger partial charge in [0.15, 0.2) is 5.16 Å².